The Morgan fingerprint density at radius 1 is 0.391 bits per heavy atom. The molecule has 0 aliphatic carbocycles. The Bertz CT molecular complexity index is 2280. The summed E-state index contributed by atoms with van der Waals surface area (Å²) in [6.45, 7) is 0. The van der Waals surface area contributed by atoms with Gasteiger partial charge in [0.1, 0.15) is 0 Å². The van der Waals surface area contributed by atoms with E-state index in [2.05, 4.69) is 102 Å². The van der Waals surface area contributed by atoms with E-state index in [1.54, 1.807) is 22.7 Å². The molecule has 0 saturated carbocycles. The van der Waals surface area contributed by atoms with Crippen molar-refractivity contribution >= 4 is 69.0 Å². The minimum absolute atomic E-state index is 0.885. The van der Waals surface area contributed by atoms with Crippen LogP contribution in [-0.2, 0) is 0 Å². The monoisotopic (exact) mass is 628 g/mol. The lowest BCUT2D eigenvalue weighted by Crippen LogP contribution is -1.89. The van der Waals surface area contributed by atoms with E-state index in [9.17, 15) is 0 Å². The van der Waals surface area contributed by atoms with Crippen molar-refractivity contribution in [1.29, 1.82) is 0 Å². The van der Waals surface area contributed by atoms with Crippen molar-refractivity contribution in [2.45, 2.75) is 0 Å². The molecule has 2 N–H and O–H groups in total. The number of hydrogen-bond acceptors (Lipinski definition) is 6. The molecule has 46 heavy (non-hydrogen) atoms. The molecule has 0 atom stereocenters. The van der Waals surface area contributed by atoms with Crippen molar-refractivity contribution in [3.05, 3.63) is 130 Å². The maximum absolute atomic E-state index is 5.30. The molecule has 0 amide bonds. The Kier molecular flexibility index (Phi) is 6.40. The van der Waals surface area contributed by atoms with E-state index in [1.807, 2.05) is 49.1 Å². The summed E-state index contributed by atoms with van der Waals surface area (Å²) in [6.07, 6.45) is 15.8. The minimum Gasteiger partial charge on any atom is -0.354 e. The summed E-state index contributed by atoms with van der Waals surface area (Å²) >= 11 is 3.35. The highest BCUT2D eigenvalue weighted by molar-refractivity contribution is 7.08. The lowest BCUT2D eigenvalue weighted by molar-refractivity contribution is 1.30. The number of fused-ring (bicyclic) bond motifs is 8. The van der Waals surface area contributed by atoms with E-state index >= 15 is 0 Å². The third-order valence-electron chi connectivity index (χ3n) is 8.31. The number of nitrogens with one attached hydrogen (secondary N) is 2. The Morgan fingerprint density at radius 2 is 0.739 bits per heavy atom. The number of pyridine rings is 2. The summed E-state index contributed by atoms with van der Waals surface area (Å²) in [5.41, 5.74) is 15.9. The van der Waals surface area contributed by atoms with Crippen LogP contribution >= 0.6 is 22.7 Å². The molecule has 0 aromatic carbocycles. The summed E-state index contributed by atoms with van der Waals surface area (Å²) < 4.78 is 0. The van der Waals surface area contributed by atoms with Gasteiger partial charge in [0.05, 0.1) is 22.8 Å². The molecule has 8 heteroatoms. The molecule has 0 unspecified atom stereocenters. The van der Waals surface area contributed by atoms with E-state index in [1.165, 1.54) is 0 Å². The standard InChI is InChI=1S/C38H24N6S2/c1-5-31-37(25-13-19-45-21-25)32-7-3-29(43-32)36(24-11-17-40-18-12-24)30-4-8-34(44-30)38(26-14-20-46-22-26)33-6-2-28(42-33)35(27(1)41-31)23-9-15-39-16-10-23/h1-22,41,44H. The molecule has 0 saturated heterocycles. The second-order valence-electron chi connectivity index (χ2n) is 11.0. The van der Waals surface area contributed by atoms with Gasteiger partial charge in [-0.3, -0.25) is 9.97 Å². The number of hydrogen-bond donors (Lipinski definition) is 2. The van der Waals surface area contributed by atoms with Gasteiger partial charge in [-0.2, -0.15) is 22.7 Å². The fraction of sp³-hybridized carbons (Fsp3) is 0. The zero-order valence-corrected chi connectivity index (χ0v) is 25.9. The van der Waals surface area contributed by atoms with Gasteiger partial charge in [0.15, 0.2) is 0 Å². The summed E-state index contributed by atoms with van der Waals surface area (Å²) in [5.74, 6) is 0. The van der Waals surface area contributed by atoms with E-state index in [0.717, 1.165) is 89.4 Å². The number of aromatic nitrogens is 6. The molecule has 2 aliphatic rings. The van der Waals surface area contributed by atoms with Crippen molar-refractivity contribution in [3.63, 3.8) is 0 Å². The summed E-state index contributed by atoms with van der Waals surface area (Å²) in [6, 6.07) is 21.0. The van der Waals surface area contributed by atoms with Gasteiger partial charge in [-0.05, 0) is 129 Å². The second-order valence-corrected chi connectivity index (χ2v) is 12.6. The van der Waals surface area contributed by atoms with Crippen LogP contribution in [0.2, 0.25) is 0 Å². The van der Waals surface area contributed by atoms with Gasteiger partial charge in [-0.15, -0.1) is 0 Å². The molecule has 7 aromatic rings. The number of rotatable bonds is 4. The lowest BCUT2D eigenvalue weighted by Gasteiger charge is -2.05. The smallest absolute Gasteiger partial charge is 0.0737 e. The normalized spacial score (nSPS) is 12.2. The van der Waals surface area contributed by atoms with Gasteiger partial charge in [-0.1, -0.05) is 0 Å². The first-order valence-corrected chi connectivity index (χ1v) is 16.7. The molecular formula is C38H24N6S2. The van der Waals surface area contributed by atoms with Crippen LogP contribution in [-0.4, -0.2) is 29.9 Å². The van der Waals surface area contributed by atoms with Gasteiger partial charge in [-0.25, -0.2) is 9.97 Å². The molecule has 0 radical (unpaired) electrons. The van der Waals surface area contributed by atoms with Crippen molar-refractivity contribution in [1.82, 2.24) is 29.9 Å². The Hall–Kier alpha value is -5.70. The number of thiophene rings is 2. The highest BCUT2D eigenvalue weighted by atomic mass is 32.1. The van der Waals surface area contributed by atoms with E-state index in [-0.39, 0.29) is 0 Å². The Balaban J connectivity index is 1.49. The zero-order chi connectivity index (χ0) is 30.5. The molecule has 7 aromatic heterocycles. The Labute approximate surface area is 272 Å². The average Bonchev–Trinajstić information content (AvgIpc) is 3.93. The van der Waals surface area contributed by atoms with Crippen LogP contribution < -0.4 is 0 Å². The first-order chi connectivity index (χ1) is 22.8. The van der Waals surface area contributed by atoms with Gasteiger partial charge in [0.2, 0.25) is 0 Å². The summed E-state index contributed by atoms with van der Waals surface area (Å²) in [4.78, 5) is 26.7. The van der Waals surface area contributed by atoms with Gasteiger partial charge in [0.25, 0.3) is 0 Å². The first-order valence-electron chi connectivity index (χ1n) is 14.8. The van der Waals surface area contributed by atoms with Crippen molar-refractivity contribution in [2.75, 3.05) is 0 Å². The molecule has 9 heterocycles. The Morgan fingerprint density at radius 3 is 1.07 bits per heavy atom. The maximum Gasteiger partial charge on any atom is 0.0737 e. The van der Waals surface area contributed by atoms with Crippen LogP contribution in [0.25, 0.3) is 90.9 Å². The van der Waals surface area contributed by atoms with Crippen LogP contribution in [0, 0.1) is 0 Å². The molecule has 218 valence electrons. The van der Waals surface area contributed by atoms with Crippen molar-refractivity contribution in [3.8, 4) is 44.5 Å². The number of H-pyrrole nitrogens is 2. The molecule has 9 rings (SSSR count). The topological polar surface area (TPSA) is 83.1 Å². The quantitative estimate of drug-likeness (QED) is 0.203. The van der Waals surface area contributed by atoms with Gasteiger partial charge < -0.3 is 9.97 Å². The first kappa shape index (κ1) is 26.7. The molecule has 2 aliphatic heterocycles. The number of aromatic amines is 2. The van der Waals surface area contributed by atoms with Crippen LogP contribution in [0.5, 0.6) is 0 Å². The largest absolute Gasteiger partial charge is 0.354 e. The van der Waals surface area contributed by atoms with E-state index in [0.29, 0.717) is 0 Å². The van der Waals surface area contributed by atoms with E-state index in [4.69, 9.17) is 9.97 Å². The third-order valence-corrected chi connectivity index (χ3v) is 9.68. The number of nitrogens with zero attached hydrogens (tertiary/aromatic N) is 4. The van der Waals surface area contributed by atoms with Gasteiger partial charge >= 0.3 is 0 Å². The van der Waals surface area contributed by atoms with Crippen LogP contribution in [0.3, 0.4) is 0 Å². The van der Waals surface area contributed by atoms with Crippen LogP contribution in [0.1, 0.15) is 22.8 Å². The summed E-state index contributed by atoms with van der Waals surface area (Å²) in [7, 11) is 0. The third kappa shape index (κ3) is 4.54. The molecule has 8 bridgehead atoms. The predicted molar refractivity (Wildman–Crippen MR) is 192 cm³/mol. The SMILES string of the molecule is C1=Cc2nc1c(-c1ccncc1)c1ccc([nH]1)c(-c1ccsc1)c1nc(c(-c3ccncc3)c3ccc([nH]3)c2-c2ccsc2)C=C1. The molecule has 6 nitrogen and oxygen atoms in total. The highest BCUT2D eigenvalue weighted by Gasteiger charge is 2.19. The minimum atomic E-state index is 0.885. The summed E-state index contributed by atoms with van der Waals surface area (Å²) in [5, 5.41) is 8.56. The zero-order valence-electron chi connectivity index (χ0n) is 24.3. The van der Waals surface area contributed by atoms with Crippen molar-refractivity contribution in [2.24, 2.45) is 0 Å². The highest BCUT2D eigenvalue weighted by Crippen LogP contribution is 2.38. The second kappa shape index (κ2) is 11.0. The molecular weight excluding hydrogens is 605 g/mol. The lowest BCUT2D eigenvalue weighted by atomic mass is 10.1. The maximum atomic E-state index is 5.30. The molecule has 0 spiro atoms. The fourth-order valence-electron chi connectivity index (χ4n) is 6.27. The molecule has 0 fully saturated rings. The van der Waals surface area contributed by atoms with Gasteiger partial charge in [0, 0.05) is 69.1 Å². The van der Waals surface area contributed by atoms with Crippen LogP contribution in [0.4, 0.5) is 0 Å². The van der Waals surface area contributed by atoms with Crippen LogP contribution in [0.15, 0.2) is 107 Å². The van der Waals surface area contributed by atoms with Crippen molar-refractivity contribution < 1.29 is 0 Å². The predicted octanol–water partition coefficient (Wildman–Crippen LogP) is 10.2. The van der Waals surface area contributed by atoms with E-state index < -0.39 is 0 Å². The fourth-order valence-corrected chi connectivity index (χ4v) is 7.56. The average molecular weight is 629 g/mol.